The summed E-state index contributed by atoms with van der Waals surface area (Å²) in [5, 5.41) is 0. The van der Waals surface area contributed by atoms with Gasteiger partial charge in [0.2, 0.25) is 0 Å². The van der Waals surface area contributed by atoms with Gasteiger partial charge in [0.1, 0.15) is 6.61 Å². The third-order valence-corrected chi connectivity index (χ3v) is 3.06. The molecule has 0 aromatic carbocycles. The van der Waals surface area contributed by atoms with Crippen LogP contribution in [0.5, 0.6) is 0 Å². The van der Waals surface area contributed by atoms with Crippen LogP contribution >= 0.6 is 11.6 Å². The minimum Gasteiger partial charge on any atom is -0.372 e. The standard InChI is InChI=1S/C10H19ClF3NO/c1-9(2,7-11)15(3)5-4-6-16-8-10(12,13)14/h4-8H2,1-3H3. The summed E-state index contributed by atoms with van der Waals surface area (Å²) in [5.41, 5.74) is -0.147. The van der Waals surface area contributed by atoms with E-state index in [-0.39, 0.29) is 12.1 Å². The number of hydrogen-bond acceptors (Lipinski definition) is 2. The van der Waals surface area contributed by atoms with Gasteiger partial charge in [-0.1, -0.05) is 0 Å². The van der Waals surface area contributed by atoms with Gasteiger partial charge >= 0.3 is 6.18 Å². The lowest BCUT2D eigenvalue weighted by molar-refractivity contribution is -0.174. The van der Waals surface area contributed by atoms with Crippen molar-refractivity contribution in [3.63, 3.8) is 0 Å². The molecular formula is C10H19ClF3NO. The van der Waals surface area contributed by atoms with E-state index in [0.29, 0.717) is 18.8 Å². The zero-order chi connectivity index (χ0) is 12.8. The van der Waals surface area contributed by atoms with Crippen LogP contribution in [-0.2, 0) is 4.74 Å². The molecule has 0 amide bonds. The predicted octanol–water partition coefficient (Wildman–Crippen LogP) is 2.90. The van der Waals surface area contributed by atoms with E-state index < -0.39 is 12.8 Å². The molecule has 0 fully saturated rings. The summed E-state index contributed by atoms with van der Waals surface area (Å²) in [5.74, 6) is 0.479. The van der Waals surface area contributed by atoms with Crippen molar-refractivity contribution in [1.82, 2.24) is 4.90 Å². The molecule has 0 radical (unpaired) electrons. The summed E-state index contributed by atoms with van der Waals surface area (Å²) >= 11 is 5.77. The molecule has 6 heteroatoms. The third kappa shape index (κ3) is 7.30. The number of rotatable bonds is 7. The zero-order valence-electron chi connectivity index (χ0n) is 9.90. The Hall–Kier alpha value is -0.0000000000000000555. The van der Waals surface area contributed by atoms with Crippen LogP contribution < -0.4 is 0 Å². The fourth-order valence-electron chi connectivity index (χ4n) is 0.996. The molecular weight excluding hydrogens is 243 g/mol. The molecule has 0 bridgehead atoms. The Labute approximate surface area is 99.7 Å². The van der Waals surface area contributed by atoms with Gasteiger partial charge < -0.3 is 4.74 Å². The van der Waals surface area contributed by atoms with Crippen molar-refractivity contribution in [2.75, 3.05) is 32.7 Å². The van der Waals surface area contributed by atoms with E-state index in [1.807, 2.05) is 25.8 Å². The molecule has 0 aromatic heterocycles. The highest BCUT2D eigenvalue weighted by Gasteiger charge is 2.27. The van der Waals surface area contributed by atoms with Gasteiger partial charge in [0.05, 0.1) is 0 Å². The lowest BCUT2D eigenvalue weighted by Gasteiger charge is -2.33. The monoisotopic (exact) mass is 261 g/mol. The largest absolute Gasteiger partial charge is 0.411 e. The van der Waals surface area contributed by atoms with Gasteiger partial charge in [0, 0.05) is 24.6 Å². The molecule has 2 nitrogen and oxygen atoms in total. The molecule has 0 saturated heterocycles. The number of ether oxygens (including phenoxy) is 1. The van der Waals surface area contributed by atoms with Gasteiger partial charge in [-0.05, 0) is 27.3 Å². The molecule has 0 aliphatic heterocycles. The second-order valence-electron chi connectivity index (χ2n) is 4.39. The molecule has 0 rings (SSSR count). The van der Waals surface area contributed by atoms with Gasteiger partial charge in [-0.2, -0.15) is 13.2 Å². The predicted molar refractivity (Wildman–Crippen MR) is 58.9 cm³/mol. The smallest absolute Gasteiger partial charge is 0.372 e. The Morgan fingerprint density at radius 1 is 1.25 bits per heavy atom. The van der Waals surface area contributed by atoms with Gasteiger partial charge in [0.15, 0.2) is 0 Å². The van der Waals surface area contributed by atoms with Crippen molar-refractivity contribution in [2.45, 2.75) is 32.0 Å². The van der Waals surface area contributed by atoms with Crippen molar-refractivity contribution >= 4 is 11.6 Å². The molecule has 0 N–H and O–H groups in total. The van der Waals surface area contributed by atoms with Crippen LogP contribution in [0.4, 0.5) is 13.2 Å². The first-order chi connectivity index (χ1) is 7.19. The van der Waals surface area contributed by atoms with E-state index in [0.717, 1.165) is 0 Å². The molecule has 0 atom stereocenters. The maximum atomic E-state index is 11.7. The first-order valence-corrected chi connectivity index (χ1v) is 5.64. The first-order valence-electron chi connectivity index (χ1n) is 5.11. The second kappa shape index (κ2) is 6.67. The van der Waals surface area contributed by atoms with Crippen LogP contribution in [0.25, 0.3) is 0 Å². The number of alkyl halides is 4. The van der Waals surface area contributed by atoms with Crippen molar-refractivity contribution in [1.29, 1.82) is 0 Å². The van der Waals surface area contributed by atoms with Crippen molar-refractivity contribution in [3.8, 4) is 0 Å². The second-order valence-corrected chi connectivity index (χ2v) is 4.66. The van der Waals surface area contributed by atoms with Crippen molar-refractivity contribution in [3.05, 3.63) is 0 Å². The average molecular weight is 262 g/mol. The molecule has 0 saturated carbocycles. The molecule has 98 valence electrons. The molecule has 16 heavy (non-hydrogen) atoms. The third-order valence-electron chi connectivity index (χ3n) is 2.41. The topological polar surface area (TPSA) is 12.5 Å². The number of halogens is 4. The maximum Gasteiger partial charge on any atom is 0.411 e. The Balaban J connectivity index is 3.60. The lowest BCUT2D eigenvalue weighted by Crippen LogP contribution is -2.43. The Bertz CT molecular complexity index is 197. The summed E-state index contributed by atoms with van der Waals surface area (Å²) in [6.07, 6.45) is -3.67. The van der Waals surface area contributed by atoms with E-state index in [9.17, 15) is 13.2 Å². The van der Waals surface area contributed by atoms with Crippen molar-refractivity contribution < 1.29 is 17.9 Å². The van der Waals surface area contributed by atoms with E-state index >= 15 is 0 Å². The van der Waals surface area contributed by atoms with E-state index in [4.69, 9.17) is 11.6 Å². The highest BCUT2D eigenvalue weighted by atomic mass is 35.5. The van der Waals surface area contributed by atoms with Crippen LogP contribution in [0, 0.1) is 0 Å². The summed E-state index contributed by atoms with van der Waals surface area (Å²) in [7, 11) is 1.89. The summed E-state index contributed by atoms with van der Waals surface area (Å²) in [6.45, 7) is 3.57. The minimum atomic E-state index is -4.23. The average Bonchev–Trinajstić information content (AvgIpc) is 2.15. The van der Waals surface area contributed by atoms with Crippen LogP contribution in [0.2, 0.25) is 0 Å². The number of hydrogen-bond donors (Lipinski definition) is 0. The Morgan fingerprint density at radius 3 is 2.25 bits per heavy atom. The SMILES string of the molecule is CN(CCCOCC(F)(F)F)C(C)(C)CCl. The van der Waals surface area contributed by atoms with Gasteiger partial charge in [0.25, 0.3) is 0 Å². The summed E-state index contributed by atoms with van der Waals surface area (Å²) < 4.78 is 39.7. The fourth-order valence-corrected chi connectivity index (χ4v) is 1.20. The minimum absolute atomic E-state index is 0.113. The van der Waals surface area contributed by atoms with Crippen LogP contribution in [-0.4, -0.2) is 49.3 Å². The quantitative estimate of drug-likeness (QED) is 0.516. The normalized spacial score (nSPS) is 13.5. The Kier molecular flexibility index (Phi) is 6.67. The Morgan fingerprint density at radius 2 is 1.81 bits per heavy atom. The van der Waals surface area contributed by atoms with Crippen LogP contribution in [0.3, 0.4) is 0 Å². The molecule has 0 aromatic rings. The molecule has 0 unspecified atom stereocenters. The highest BCUT2D eigenvalue weighted by Crippen LogP contribution is 2.16. The fraction of sp³-hybridized carbons (Fsp3) is 1.00. The van der Waals surface area contributed by atoms with Crippen LogP contribution in [0.15, 0.2) is 0 Å². The molecule has 0 aliphatic rings. The molecule has 0 heterocycles. The summed E-state index contributed by atoms with van der Waals surface area (Å²) in [6, 6.07) is 0. The molecule has 0 aliphatic carbocycles. The highest BCUT2D eigenvalue weighted by molar-refractivity contribution is 6.18. The van der Waals surface area contributed by atoms with Crippen molar-refractivity contribution in [2.24, 2.45) is 0 Å². The number of nitrogens with zero attached hydrogens (tertiary/aromatic N) is 1. The zero-order valence-corrected chi connectivity index (χ0v) is 10.7. The molecule has 0 spiro atoms. The summed E-state index contributed by atoms with van der Waals surface area (Å²) in [4.78, 5) is 2.01. The van der Waals surface area contributed by atoms with Gasteiger partial charge in [-0.25, -0.2) is 0 Å². The van der Waals surface area contributed by atoms with E-state index in [1.165, 1.54) is 0 Å². The van der Waals surface area contributed by atoms with Gasteiger partial charge in [-0.3, -0.25) is 4.90 Å². The van der Waals surface area contributed by atoms with Crippen LogP contribution in [0.1, 0.15) is 20.3 Å². The van der Waals surface area contributed by atoms with Gasteiger partial charge in [-0.15, -0.1) is 11.6 Å². The first kappa shape index (κ1) is 16.0. The lowest BCUT2D eigenvalue weighted by atomic mass is 10.1. The van der Waals surface area contributed by atoms with E-state index in [2.05, 4.69) is 4.74 Å². The maximum absolute atomic E-state index is 11.7. The van der Waals surface area contributed by atoms with E-state index in [1.54, 1.807) is 0 Å².